The van der Waals surface area contributed by atoms with Crippen LogP contribution in [0, 0.1) is 0 Å². The van der Waals surface area contributed by atoms with Gasteiger partial charge in [0.05, 0.1) is 11.0 Å². The standard InChI is InChI=1S/C29H26F3N3O4.H3N/c30-29(31,32)28(15-16-28)21-9-13-23(14-10-21)34-27(39)35-17-1-2-24(35)25(36)33-22-11-7-19(8-12-22)18-3-5-20(6-4-18)26(37)38;/h3-14,24H,1-2,15-17H2,(H,33,36)(H,34,39)(H,37,38);1H3/t24-;/m1./s1. The van der Waals surface area contributed by atoms with E-state index in [4.69, 9.17) is 5.11 Å². The number of nitrogens with one attached hydrogen (secondary N) is 2. The van der Waals surface area contributed by atoms with E-state index in [1.165, 1.54) is 41.3 Å². The van der Waals surface area contributed by atoms with Crippen molar-refractivity contribution in [3.05, 3.63) is 83.9 Å². The van der Waals surface area contributed by atoms with E-state index in [0.29, 0.717) is 30.8 Å². The van der Waals surface area contributed by atoms with Crippen LogP contribution in [-0.2, 0) is 10.2 Å². The van der Waals surface area contributed by atoms with Crippen LogP contribution in [0.15, 0.2) is 72.8 Å². The summed E-state index contributed by atoms with van der Waals surface area (Å²) in [4.78, 5) is 38.4. The summed E-state index contributed by atoms with van der Waals surface area (Å²) in [6.07, 6.45) is -3.04. The van der Waals surface area contributed by atoms with E-state index < -0.39 is 29.6 Å². The Bertz CT molecular complexity index is 1390. The van der Waals surface area contributed by atoms with E-state index in [2.05, 4.69) is 10.6 Å². The number of alkyl halides is 3. The minimum Gasteiger partial charge on any atom is -0.478 e. The zero-order chi connectivity index (χ0) is 27.8. The molecule has 1 heterocycles. The summed E-state index contributed by atoms with van der Waals surface area (Å²) in [5.41, 5.74) is 1.19. The quantitative estimate of drug-likeness (QED) is 0.278. The van der Waals surface area contributed by atoms with Crippen LogP contribution in [0.3, 0.4) is 0 Å². The zero-order valence-corrected chi connectivity index (χ0v) is 21.5. The number of benzene rings is 3. The van der Waals surface area contributed by atoms with Gasteiger partial charge >= 0.3 is 18.2 Å². The number of amides is 3. The number of hydrogen-bond acceptors (Lipinski definition) is 4. The molecule has 6 N–H and O–H groups in total. The fraction of sp³-hybridized carbons (Fsp3) is 0.276. The highest BCUT2D eigenvalue weighted by atomic mass is 19.4. The molecule has 0 aromatic heterocycles. The fourth-order valence-corrected chi connectivity index (χ4v) is 4.99. The Hall–Kier alpha value is -4.38. The van der Waals surface area contributed by atoms with Gasteiger partial charge in [-0.25, -0.2) is 9.59 Å². The predicted molar refractivity (Wildman–Crippen MR) is 145 cm³/mol. The molecule has 0 unspecified atom stereocenters. The number of anilines is 2. The van der Waals surface area contributed by atoms with Crippen LogP contribution in [0.2, 0.25) is 0 Å². The summed E-state index contributed by atoms with van der Waals surface area (Å²) < 4.78 is 40.1. The second kappa shape index (κ2) is 11.0. The largest absolute Gasteiger partial charge is 0.478 e. The van der Waals surface area contributed by atoms with Crippen LogP contribution in [-0.4, -0.2) is 46.7 Å². The summed E-state index contributed by atoms with van der Waals surface area (Å²) in [6, 6.07) is 18.1. The van der Waals surface area contributed by atoms with E-state index in [1.54, 1.807) is 36.4 Å². The van der Waals surface area contributed by atoms with Gasteiger partial charge in [0, 0.05) is 17.9 Å². The second-order valence-corrected chi connectivity index (χ2v) is 9.89. The molecule has 3 aromatic rings. The fourth-order valence-electron chi connectivity index (χ4n) is 4.99. The highest BCUT2D eigenvalue weighted by Crippen LogP contribution is 2.58. The Balaban J connectivity index is 0.00000370. The Labute approximate surface area is 228 Å². The number of carbonyl (C=O) groups is 3. The average molecular weight is 555 g/mol. The summed E-state index contributed by atoms with van der Waals surface area (Å²) >= 11 is 0. The number of halogens is 3. The van der Waals surface area contributed by atoms with Crippen molar-refractivity contribution in [2.24, 2.45) is 0 Å². The van der Waals surface area contributed by atoms with Crippen LogP contribution in [0.5, 0.6) is 0 Å². The van der Waals surface area contributed by atoms with Crippen LogP contribution in [0.4, 0.5) is 29.3 Å². The molecule has 0 spiro atoms. The van der Waals surface area contributed by atoms with Gasteiger partial charge in [-0.3, -0.25) is 4.79 Å². The molecule has 1 saturated heterocycles. The Morgan fingerprint density at radius 2 is 1.35 bits per heavy atom. The van der Waals surface area contributed by atoms with Gasteiger partial charge in [-0.05, 0) is 78.8 Å². The number of likely N-dealkylation sites (tertiary alicyclic amines) is 1. The van der Waals surface area contributed by atoms with Gasteiger partial charge in [0.1, 0.15) is 6.04 Å². The van der Waals surface area contributed by atoms with Gasteiger partial charge in [0.25, 0.3) is 0 Å². The molecule has 11 heteroatoms. The van der Waals surface area contributed by atoms with Crippen molar-refractivity contribution in [2.45, 2.75) is 43.3 Å². The SMILES string of the molecule is N.O=C(O)c1ccc(-c2ccc(NC(=O)[C@H]3CCCN3C(=O)Nc3ccc(C4(C(F)(F)F)CC4)cc3)cc2)cc1. The number of urea groups is 1. The second-order valence-electron chi connectivity index (χ2n) is 9.89. The molecule has 3 aromatic carbocycles. The van der Waals surface area contributed by atoms with Crippen molar-refractivity contribution < 1.29 is 32.7 Å². The predicted octanol–water partition coefficient (Wildman–Crippen LogP) is 6.44. The number of rotatable bonds is 6. The first-order chi connectivity index (χ1) is 18.6. The van der Waals surface area contributed by atoms with Crippen molar-refractivity contribution >= 4 is 29.3 Å². The first kappa shape index (κ1) is 28.6. The van der Waals surface area contributed by atoms with Crippen LogP contribution in [0.25, 0.3) is 11.1 Å². The summed E-state index contributed by atoms with van der Waals surface area (Å²) in [5.74, 6) is -1.34. The molecule has 2 fully saturated rings. The topological polar surface area (TPSA) is 134 Å². The number of aromatic carboxylic acids is 1. The minimum atomic E-state index is -4.30. The smallest absolute Gasteiger partial charge is 0.398 e. The van der Waals surface area contributed by atoms with Gasteiger partial charge in [-0.1, -0.05) is 36.4 Å². The Morgan fingerprint density at radius 3 is 1.88 bits per heavy atom. The average Bonchev–Trinajstić information content (AvgIpc) is 3.59. The van der Waals surface area contributed by atoms with Crippen molar-refractivity contribution in [3.8, 4) is 11.1 Å². The maximum atomic E-state index is 13.4. The first-order valence-corrected chi connectivity index (χ1v) is 12.6. The van der Waals surface area contributed by atoms with E-state index in [0.717, 1.165) is 11.1 Å². The number of carboxylic acid groups (broad SMARTS) is 1. The summed E-state index contributed by atoms with van der Waals surface area (Å²) in [7, 11) is 0. The molecular weight excluding hydrogens is 525 g/mol. The summed E-state index contributed by atoms with van der Waals surface area (Å²) in [6.45, 7) is 0.379. The molecule has 1 saturated carbocycles. The Kier molecular flexibility index (Phi) is 7.88. The van der Waals surface area contributed by atoms with Crippen LogP contribution in [0.1, 0.15) is 41.6 Å². The van der Waals surface area contributed by atoms with Crippen LogP contribution < -0.4 is 16.8 Å². The van der Waals surface area contributed by atoms with Gasteiger partial charge in [-0.2, -0.15) is 13.2 Å². The lowest BCUT2D eigenvalue weighted by Crippen LogP contribution is -2.45. The van der Waals surface area contributed by atoms with E-state index >= 15 is 0 Å². The lowest BCUT2D eigenvalue weighted by molar-refractivity contribution is -0.160. The minimum absolute atomic E-state index is 0. The molecular formula is C29H29F3N4O4. The molecule has 8 nitrogen and oxygen atoms in total. The van der Waals surface area contributed by atoms with Crippen molar-refractivity contribution in [3.63, 3.8) is 0 Å². The maximum Gasteiger partial charge on any atom is 0.398 e. The number of nitrogens with zero attached hydrogens (tertiary/aromatic N) is 1. The molecule has 5 rings (SSSR count). The molecule has 0 bridgehead atoms. The monoisotopic (exact) mass is 554 g/mol. The number of carbonyl (C=O) groups excluding carboxylic acids is 2. The lowest BCUT2D eigenvalue weighted by Gasteiger charge is -2.24. The maximum absolute atomic E-state index is 13.4. The third-order valence-corrected chi connectivity index (χ3v) is 7.42. The summed E-state index contributed by atoms with van der Waals surface area (Å²) in [5, 5.41) is 14.6. The van der Waals surface area contributed by atoms with Crippen molar-refractivity contribution in [1.82, 2.24) is 11.1 Å². The highest BCUT2D eigenvalue weighted by Gasteiger charge is 2.64. The molecule has 1 atom stereocenters. The molecule has 1 aliphatic heterocycles. The molecule has 0 radical (unpaired) electrons. The first-order valence-electron chi connectivity index (χ1n) is 12.6. The van der Waals surface area contributed by atoms with Crippen LogP contribution >= 0.6 is 0 Å². The number of hydrogen-bond donors (Lipinski definition) is 4. The van der Waals surface area contributed by atoms with Gasteiger partial charge < -0.3 is 26.8 Å². The molecule has 1 aliphatic carbocycles. The van der Waals surface area contributed by atoms with E-state index in [-0.39, 0.29) is 36.0 Å². The molecule has 2 aliphatic rings. The van der Waals surface area contributed by atoms with Crippen molar-refractivity contribution in [1.29, 1.82) is 0 Å². The molecule has 40 heavy (non-hydrogen) atoms. The zero-order valence-electron chi connectivity index (χ0n) is 21.5. The van der Waals surface area contributed by atoms with E-state index in [1.807, 2.05) is 0 Å². The normalized spacial score (nSPS) is 17.5. The van der Waals surface area contributed by atoms with Gasteiger partial charge in [-0.15, -0.1) is 0 Å². The van der Waals surface area contributed by atoms with E-state index in [9.17, 15) is 27.6 Å². The highest BCUT2D eigenvalue weighted by molar-refractivity contribution is 5.99. The third kappa shape index (κ3) is 5.64. The molecule has 3 amide bonds. The van der Waals surface area contributed by atoms with Crippen molar-refractivity contribution in [2.75, 3.05) is 17.2 Å². The lowest BCUT2D eigenvalue weighted by atomic mass is 9.95. The van der Waals surface area contributed by atoms with Gasteiger partial charge in [0.2, 0.25) is 5.91 Å². The number of carboxylic acids is 1. The Morgan fingerprint density at radius 1 is 0.825 bits per heavy atom. The molecule has 210 valence electrons. The van der Waals surface area contributed by atoms with Gasteiger partial charge in [0.15, 0.2) is 0 Å². The third-order valence-electron chi connectivity index (χ3n) is 7.42.